The minimum Gasteiger partial charge on any atom is -0.260 e. The van der Waals surface area contributed by atoms with Crippen LogP contribution in [0.2, 0.25) is 0 Å². The first-order valence-corrected chi connectivity index (χ1v) is 6.13. The van der Waals surface area contributed by atoms with Crippen LogP contribution in [0, 0.1) is 27.7 Å². The smallest absolute Gasteiger partial charge is 0.0528 e. The summed E-state index contributed by atoms with van der Waals surface area (Å²) in [5.41, 5.74) is 10.9. The van der Waals surface area contributed by atoms with Gasteiger partial charge in [-0.3, -0.25) is 4.98 Å². The van der Waals surface area contributed by atoms with Gasteiger partial charge >= 0.3 is 0 Å². The lowest BCUT2D eigenvalue weighted by Crippen LogP contribution is -1.93. The van der Waals surface area contributed by atoms with Gasteiger partial charge in [0.15, 0.2) is 0 Å². The van der Waals surface area contributed by atoms with E-state index in [-0.39, 0.29) is 0 Å². The number of pyridine rings is 1. The van der Waals surface area contributed by atoms with E-state index >= 15 is 0 Å². The molecule has 0 fully saturated rings. The van der Waals surface area contributed by atoms with Crippen molar-refractivity contribution in [3.05, 3.63) is 51.8 Å². The fourth-order valence-electron chi connectivity index (χ4n) is 2.95. The molecule has 0 atom stereocenters. The average molecular weight is 223 g/mol. The van der Waals surface area contributed by atoms with Crippen molar-refractivity contribution in [2.75, 3.05) is 0 Å². The predicted molar refractivity (Wildman–Crippen MR) is 71.4 cm³/mol. The summed E-state index contributed by atoms with van der Waals surface area (Å²) in [6, 6.07) is 4.58. The monoisotopic (exact) mass is 223 g/mol. The number of benzene rings is 1. The number of hydrogen-bond donors (Lipinski definition) is 0. The molecule has 0 unspecified atom stereocenters. The first kappa shape index (κ1) is 10.5. The van der Waals surface area contributed by atoms with E-state index in [2.05, 4.69) is 44.8 Å². The van der Waals surface area contributed by atoms with Gasteiger partial charge in [0.2, 0.25) is 0 Å². The third-order valence-corrected chi connectivity index (χ3v) is 3.84. The van der Waals surface area contributed by atoms with Crippen LogP contribution in [0.5, 0.6) is 0 Å². The normalized spacial score (nSPS) is 12.5. The van der Waals surface area contributed by atoms with Gasteiger partial charge in [-0.2, -0.15) is 0 Å². The first-order chi connectivity index (χ1) is 8.08. The van der Waals surface area contributed by atoms with E-state index in [0.29, 0.717) is 0 Å². The maximum atomic E-state index is 4.61. The van der Waals surface area contributed by atoms with Crippen LogP contribution in [0.15, 0.2) is 18.3 Å². The van der Waals surface area contributed by atoms with Crippen molar-refractivity contribution in [2.24, 2.45) is 0 Å². The minimum absolute atomic E-state index is 0.994. The van der Waals surface area contributed by atoms with Gasteiger partial charge in [0, 0.05) is 18.2 Å². The Morgan fingerprint density at radius 2 is 1.71 bits per heavy atom. The molecule has 1 nitrogen and oxygen atoms in total. The first-order valence-electron chi connectivity index (χ1n) is 6.13. The largest absolute Gasteiger partial charge is 0.260 e. The lowest BCUT2D eigenvalue weighted by molar-refractivity contribution is 1.09. The van der Waals surface area contributed by atoms with Crippen LogP contribution in [-0.4, -0.2) is 4.98 Å². The Bertz CT molecular complexity index is 624. The molecule has 0 saturated heterocycles. The molecule has 1 aromatic carbocycles. The molecule has 0 aliphatic heterocycles. The maximum Gasteiger partial charge on any atom is 0.0528 e. The molecule has 0 amide bonds. The Balaban J connectivity index is 2.37. The number of rotatable bonds is 0. The summed E-state index contributed by atoms with van der Waals surface area (Å²) in [7, 11) is 0. The Morgan fingerprint density at radius 1 is 0.941 bits per heavy atom. The van der Waals surface area contributed by atoms with E-state index < -0.39 is 0 Å². The maximum absolute atomic E-state index is 4.61. The van der Waals surface area contributed by atoms with Gasteiger partial charge in [0.05, 0.1) is 5.69 Å². The molecule has 0 saturated carbocycles. The van der Waals surface area contributed by atoms with Crippen LogP contribution in [0.3, 0.4) is 0 Å². The number of aromatic nitrogens is 1. The zero-order valence-corrected chi connectivity index (χ0v) is 10.9. The van der Waals surface area contributed by atoms with E-state index in [9.17, 15) is 0 Å². The number of fused-ring (bicyclic) bond motifs is 3. The summed E-state index contributed by atoms with van der Waals surface area (Å²) < 4.78 is 0. The van der Waals surface area contributed by atoms with Crippen molar-refractivity contribution < 1.29 is 0 Å². The molecule has 0 radical (unpaired) electrons. The molecule has 1 heterocycles. The van der Waals surface area contributed by atoms with Gasteiger partial charge in [0.25, 0.3) is 0 Å². The van der Waals surface area contributed by atoms with Crippen molar-refractivity contribution in [3.63, 3.8) is 0 Å². The molecule has 1 heteroatoms. The van der Waals surface area contributed by atoms with E-state index in [1.54, 1.807) is 0 Å². The van der Waals surface area contributed by atoms with Gasteiger partial charge in [0.1, 0.15) is 0 Å². The highest BCUT2D eigenvalue weighted by Crippen LogP contribution is 2.41. The van der Waals surface area contributed by atoms with Gasteiger partial charge in [-0.1, -0.05) is 17.7 Å². The van der Waals surface area contributed by atoms with Crippen LogP contribution in [0.4, 0.5) is 0 Å². The zero-order valence-electron chi connectivity index (χ0n) is 10.9. The van der Waals surface area contributed by atoms with Gasteiger partial charge < -0.3 is 0 Å². The molecule has 0 bridgehead atoms. The fourth-order valence-corrected chi connectivity index (χ4v) is 2.95. The van der Waals surface area contributed by atoms with Gasteiger partial charge in [-0.25, -0.2) is 0 Å². The number of nitrogens with zero attached hydrogens (tertiary/aromatic N) is 1. The molecular formula is C16H17N. The predicted octanol–water partition coefficient (Wildman–Crippen LogP) is 3.89. The molecule has 1 aliphatic rings. The van der Waals surface area contributed by atoms with Crippen LogP contribution in [0.25, 0.3) is 11.1 Å². The molecule has 0 N–H and O–H groups in total. The van der Waals surface area contributed by atoms with Crippen LogP contribution >= 0.6 is 0 Å². The van der Waals surface area contributed by atoms with Gasteiger partial charge in [-0.15, -0.1) is 0 Å². The summed E-state index contributed by atoms with van der Waals surface area (Å²) in [6.45, 7) is 8.74. The van der Waals surface area contributed by atoms with Gasteiger partial charge in [-0.05, 0) is 55.5 Å². The van der Waals surface area contributed by atoms with E-state index in [1.807, 2.05) is 6.20 Å². The molecule has 0 spiro atoms. The minimum atomic E-state index is 0.994. The topological polar surface area (TPSA) is 12.9 Å². The second-order valence-electron chi connectivity index (χ2n) is 5.18. The summed E-state index contributed by atoms with van der Waals surface area (Å²) in [5, 5.41) is 0. The quantitative estimate of drug-likeness (QED) is 0.563. The van der Waals surface area contributed by atoms with Crippen molar-refractivity contribution in [2.45, 2.75) is 34.1 Å². The SMILES string of the molecule is Cc1cc(C)c2c(c1)Cc1ncc(C)c(C)c1-2. The fraction of sp³-hybridized carbons (Fsp3) is 0.312. The Hall–Kier alpha value is -1.63. The second kappa shape index (κ2) is 3.43. The molecule has 1 aromatic heterocycles. The molecule has 17 heavy (non-hydrogen) atoms. The van der Waals surface area contributed by atoms with Crippen LogP contribution in [0.1, 0.15) is 33.5 Å². The van der Waals surface area contributed by atoms with Crippen LogP contribution in [-0.2, 0) is 6.42 Å². The second-order valence-corrected chi connectivity index (χ2v) is 5.18. The number of hydrogen-bond acceptors (Lipinski definition) is 1. The molecule has 2 aromatic rings. The summed E-state index contributed by atoms with van der Waals surface area (Å²) in [5.74, 6) is 0. The van der Waals surface area contributed by atoms with Crippen molar-refractivity contribution in [3.8, 4) is 11.1 Å². The van der Waals surface area contributed by atoms with Crippen molar-refractivity contribution >= 4 is 0 Å². The highest BCUT2D eigenvalue weighted by Gasteiger charge is 2.23. The Morgan fingerprint density at radius 3 is 2.47 bits per heavy atom. The Labute approximate surface area is 103 Å². The van der Waals surface area contributed by atoms with E-state index in [4.69, 9.17) is 0 Å². The third-order valence-electron chi connectivity index (χ3n) is 3.84. The third kappa shape index (κ3) is 1.42. The Kier molecular flexibility index (Phi) is 2.12. The summed E-state index contributed by atoms with van der Waals surface area (Å²) >= 11 is 0. The van der Waals surface area contributed by atoms with E-state index in [0.717, 1.165) is 6.42 Å². The highest BCUT2D eigenvalue weighted by atomic mass is 14.7. The molecule has 86 valence electrons. The average Bonchev–Trinajstić information content (AvgIpc) is 2.62. The van der Waals surface area contributed by atoms with Crippen molar-refractivity contribution in [1.82, 2.24) is 4.98 Å². The standard InChI is InChI=1S/C16H17N/c1-9-5-10(2)15-13(6-9)7-14-16(15)12(4)11(3)8-17-14/h5-6,8H,7H2,1-4H3. The number of aryl methyl sites for hydroxylation is 3. The van der Waals surface area contributed by atoms with Crippen molar-refractivity contribution in [1.29, 1.82) is 0 Å². The van der Waals surface area contributed by atoms with Crippen LogP contribution < -0.4 is 0 Å². The lowest BCUT2D eigenvalue weighted by atomic mass is 9.95. The lowest BCUT2D eigenvalue weighted by Gasteiger charge is -2.10. The van der Waals surface area contributed by atoms with E-state index in [1.165, 1.54) is 44.6 Å². The zero-order chi connectivity index (χ0) is 12.2. The summed E-state index contributed by atoms with van der Waals surface area (Å²) in [6.07, 6.45) is 3.00. The molecular weight excluding hydrogens is 206 g/mol. The molecule has 3 rings (SSSR count). The highest BCUT2D eigenvalue weighted by molar-refractivity contribution is 5.81. The molecule has 1 aliphatic carbocycles. The summed E-state index contributed by atoms with van der Waals surface area (Å²) in [4.78, 5) is 4.61.